The Balaban J connectivity index is 1.72. The zero-order valence-electron chi connectivity index (χ0n) is 18.3. The highest BCUT2D eigenvalue weighted by Gasteiger charge is 2.17. The lowest BCUT2D eigenvalue weighted by Crippen LogP contribution is -2.08. The molecule has 0 saturated heterocycles. The van der Waals surface area contributed by atoms with Gasteiger partial charge < -0.3 is 19.3 Å². The van der Waals surface area contributed by atoms with E-state index in [-0.39, 0.29) is 49.1 Å². The van der Waals surface area contributed by atoms with E-state index >= 15 is 0 Å². The number of carbonyl (C=O) groups is 2. The van der Waals surface area contributed by atoms with Crippen molar-refractivity contribution in [2.45, 2.75) is 12.8 Å². The fraction of sp³-hybridized carbons (Fsp3) is 0.240. The van der Waals surface area contributed by atoms with Crippen LogP contribution in [0.5, 0.6) is 17.2 Å². The highest BCUT2D eigenvalue weighted by molar-refractivity contribution is 6.02. The van der Waals surface area contributed by atoms with E-state index < -0.39 is 0 Å². The van der Waals surface area contributed by atoms with E-state index in [1.807, 2.05) is 0 Å². The number of hydrogen-bond donors (Lipinski definition) is 1. The molecule has 0 aliphatic carbocycles. The Morgan fingerprint density at radius 1 is 0.879 bits per heavy atom. The van der Waals surface area contributed by atoms with Crippen LogP contribution >= 0.6 is 0 Å². The normalized spacial score (nSPS) is 10.5. The van der Waals surface area contributed by atoms with Crippen LogP contribution in [0.1, 0.15) is 33.7 Å². The van der Waals surface area contributed by atoms with Crippen LogP contribution in [0, 0.1) is 5.82 Å². The van der Waals surface area contributed by atoms with E-state index in [0.29, 0.717) is 34.1 Å². The third-order valence-electron chi connectivity index (χ3n) is 4.90. The lowest BCUT2D eigenvalue weighted by molar-refractivity contribution is 0.0914. The number of methoxy groups -OCH3 is 2. The number of benzene rings is 2. The van der Waals surface area contributed by atoms with E-state index in [4.69, 9.17) is 19.3 Å². The van der Waals surface area contributed by atoms with Crippen molar-refractivity contribution in [3.63, 3.8) is 0 Å². The van der Waals surface area contributed by atoms with E-state index in [1.165, 1.54) is 38.5 Å². The summed E-state index contributed by atoms with van der Waals surface area (Å²) in [6.07, 6.45) is -0.0511. The minimum Gasteiger partial charge on any atom is -0.494 e. The Hall–Kier alpha value is -3.78. The average molecular weight is 453 g/mol. The number of hydrogen-bond acceptors (Lipinski definition) is 7. The third kappa shape index (κ3) is 5.93. The Kier molecular flexibility index (Phi) is 8.10. The van der Waals surface area contributed by atoms with Gasteiger partial charge in [-0.2, -0.15) is 0 Å². The molecule has 0 amide bonds. The number of ketones is 2. The fourth-order valence-electron chi connectivity index (χ4n) is 3.20. The number of carbonyl (C=O) groups excluding carboxylic acids is 2. The van der Waals surface area contributed by atoms with Gasteiger partial charge in [-0.3, -0.25) is 9.59 Å². The molecule has 0 radical (unpaired) electrons. The highest BCUT2D eigenvalue weighted by Crippen LogP contribution is 2.30. The van der Waals surface area contributed by atoms with Gasteiger partial charge in [0.15, 0.2) is 23.1 Å². The van der Waals surface area contributed by atoms with Gasteiger partial charge in [0.2, 0.25) is 0 Å². The summed E-state index contributed by atoms with van der Waals surface area (Å²) in [5.41, 5.74) is 1.59. The molecule has 33 heavy (non-hydrogen) atoms. The molecule has 7 nitrogen and oxygen atoms in total. The predicted octanol–water partition coefficient (Wildman–Crippen LogP) is 4.12. The molecule has 0 saturated carbocycles. The van der Waals surface area contributed by atoms with Crippen molar-refractivity contribution in [2.24, 2.45) is 0 Å². The molecule has 3 rings (SSSR count). The summed E-state index contributed by atoms with van der Waals surface area (Å²) < 4.78 is 29.2. The Morgan fingerprint density at radius 2 is 1.55 bits per heavy atom. The maximum absolute atomic E-state index is 13.3. The summed E-state index contributed by atoms with van der Waals surface area (Å²) in [7, 11) is 2.94. The first-order valence-corrected chi connectivity index (χ1v) is 10.3. The number of aliphatic hydroxyl groups excluding tert-OH is 1. The Morgan fingerprint density at radius 3 is 2.21 bits per heavy atom. The van der Waals surface area contributed by atoms with E-state index in [1.54, 1.807) is 30.3 Å². The third-order valence-corrected chi connectivity index (χ3v) is 4.90. The number of aliphatic hydroxyl groups is 1. The van der Waals surface area contributed by atoms with Crippen LogP contribution in [-0.4, -0.2) is 49.1 Å². The summed E-state index contributed by atoms with van der Waals surface area (Å²) in [5.74, 6) is 0.307. The van der Waals surface area contributed by atoms with Gasteiger partial charge in [-0.1, -0.05) is 0 Å². The van der Waals surface area contributed by atoms with Crippen LogP contribution in [0.2, 0.25) is 0 Å². The first kappa shape index (κ1) is 23.9. The second kappa shape index (κ2) is 11.2. The zero-order chi connectivity index (χ0) is 23.8. The molecule has 0 unspecified atom stereocenters. The lowest BCUT2D eigenvalue weighted by Gasteiger charge is -2.11. The van der Waals surface area contributed by atoms with Crippen LogP contribution < -0.4 is 14.2 Å². The zero-order valence-corrected chi connectivity index (χ0v) is 18.3. The predicted molar refractivity (Wildman–Crippen MR) is 120 cm³/mol. The smallest absolute Gasteiger partial charge is 0.181 e. The molecule has 2 aromatic carbocycles. The lowest BCUT2D eigenvalue weighted by atomic mass is 10.0. The second-order valence-corrected chi connectivity index (χ2v) is 7.04. The largest absolute Gasteiger partial charge is 0.494 e. The monoisotopic (exact) mass is 453 g/mol. The topological polar surface area (TPSA) is 95.0 Å². The minimum atomic E-state index is -0.381. The van der Waals surface area contributed by atoms with Gasteiger partial charge in [0.25, 0.3) is 0 Å². The maximum Gasteiger partial charge on any atom is 0.181 e. The van der Waals surface area contributed by atoms with Crippen molar-refractivity contribution in [2.75, 3.05) is 27.4 Å². The Labute approximate surface area is 190 Å². The van der Waals surface area contributed by atoms with Gasteiger partial charge in [-0.25, -0.2) is 9.37 Å². The SMILES string of the molecule is COc1cc(C(=O)CCC(=O)c2ccc(OC)c(-c3ccc(F)cc3)n2)ccc1OCCO. The minimum absolute atomic E-state index is 0.0155. The molecular weight excluding hydrogens is 429 g/mol. The van der Waals surface area contributed by atoms with Gasteiger partial charge in [-0.05, 0) is 54.6 Å². The van der Waals surface area contributed by atoms with E-state index in [0.717, 1.165) is 0 Å². The maximum atomic E-state index is 13.3. The van der Waals surface area contributed by atoms with Crippen molar-refractivity contribution in [3.05, 3.63) is 71.7 Å². The first-order valence-electron chi connectivity index (χ1n) is 10.3. The van der Waals surface area contributed by atoms with Crippen molar-refractivity contribution in [1.82, 2.24) is 4.98 Å². The first-order chi connectivity index (χ1) is 16.0. The van der Waals surface area contributed by atoms with Gasteiger partial charge in [0, 0.05) is 24.0 Å². The molecule has 0 aliphatic rings. The van der Waals surface area contributed by atoms with Crippen molar-refractivity contribution >= 4 is 11.6 Å². The van der Waals surface area contributed by atoms with Gasteiger partial charge in [0.05, 0.1) is 20.8 Å². The number of pyridine rings is 1. The summed E-state index contributed by atoms with van der Waals surface area (Å²) >= 11 is 0. The molecule has 3 aromatic rings. The van der Waals surface area contributed by atoms with Crippen molar-refractivity contribution in [1.29, 1.82) is 0 Å². The number of rotatable bonds is 11. The number of aromatic nitrogens is 1. The number of ether oxygens (including phenoxy) is 3. The molecule has 0 fully saturated rings. The molecule has 0 atom stereocenters. The standard InChI is InChI=1S/C25H24FNO6/c1-31-23-12-8-19(27-25(23)16-3-6-18(26)7-4-16)21(30)10-9-20(29)17-5-11-22(33-14-13-28)24(15-17)32-2/h3-8,11-12,15,28H,9-10,13-14H2,1-2H3. The molecule has 0 bridgehead atoms. The van der Waals surface area contributed by atoms with Crippen molar-refractivity contribution < 1.29 is 33.3 Å². The van der Waals surface area contributed by atoms with E-state index in [2.05, 4.69) is 4.98 Å². The van der Waals surface area contributed by atoms with Crippen LogP contribution in [0.4, 0.5) is 4.39 Å². The molecule has 1 N–H and O–H groups in total. The molecule has 1 aromatic heterocycles. The number of nitrogens with zero attached hydrogens (tertiary/aromatic N) is 1. The van der Waals surface area contributed by atoms with Gasteiger partial charge >= 0.3 is 0 Å². The fourth-order valence-corrected chi connectivity index (χ4v) is 3.20. The summed E-state index contributed by atoms with van der Waals surface area (Å²) in [5, 5.41) is 8.89. The highest BCUT2D eigenvalue weighted by atomic mass is 19.1. The quantitative estimate of drug-likeness (QED) is 0.436. The number of halogens is 1. The molecular formula is C25H24FNO6. The van der Waals surface area contributed by atoms with Crippen LogP contribution in [-0.2, 0) is 0 Å². The summed E-state index contributed by atoms with van der Waals surface area (Å²) in [6, 6.07) is 13.6. The molecule has 0 aliphatic heterocycles. The van der Waals surface area contributed by atoms with Crippen LogP contribution in [0.3, 0.4) is 0 Å². The second-order valence-electron chi connectivity index (χ2n) is 7.04. The number of Topliss-reactive ketones (excluding diaryl/α,β-unsaturated/α-hetero) is 2. The van der Waals surface area contributed by atoms with Crippen LogP contribution in [0.25, 0.3) is 11.3 Å². The van der Waals surface area contributed by atoms with Gasteiger partial charge in [-0.15, -0.1) is 0 Å². The Bertz CT molecular complexity index is 1130. The molecule has 8 heteroatoms. The molecule has 1 heterocycles. The van der Waals surface area contributed by atoms with Gasteiger partial charge in [0.1, 0.15) is 29.6 Å². The van der Waals surface area contributed by atoms with E-state index in [9.17, 15) is 14.0 Å². The molecule has 172 valence electrons. The molecule has 0 spiro atoms. The average Bonchev–Trinajstić information content (AvgIpc) is 2.85. The summed E-state index contributed by atoms with van der Waals surface area (Å²) in [6.45, 7) is -0.0405. The van der Waals surface area contributed by atoms with Crippen molar-refractivity contribution in [3.8, 4) is 28.5 Å². The van der Waals surface area contributed by atoms with Crippen LogP contribution in [0.15, 0.2) is 54.6 Å². The summed E-state index contributed by atoms with van der Waals surface area (Å²) in [4.78, 5) is 29.8.